The summed E-state index contributed by atoms with van der Waals surface area (Å²) < 4.78 is 142. The first kappa shape index (κ1) is 80.9. The molecule has 494 valence electrons. The third kappa shape index (κ3) is 78.9. The number of ether oxygens (including phenoxy) is 26. The molecule has 0 saturated carbocycles. The fraction of sp³-hybridized carbons (Fsp3) is 1.00. The second-order valence-corrected chi connectivity index (χ2v) is 16.4. The van der Waals surface area contributed by atoms with Crippen molar-refractivity contribution in [1.29, 1.82) is 0 Å². The maximum absolute atomic E-state index is 8.61. The van der Waals surface area contributed by atoms with Crippen LogP contribution in [0.5, 0.6) is 0 Å². The molecule has 0 aromatic rings. The molecule has 0 atom stereocenters. The SMILES string of the molecule is OCCOCCOCCOCCOCCOCCOCCOCCOCCOCCOCCOCCOCCOCCOCCOCCOCCOCCOCCOCCOCCOCCOCCOCCOCCOCCOCCO. The van der Waals surface area contributed by atoms with Crippen LogP contribution in [0, 0.1) is 0 Å². The Morgan fingerprint density at radius 3 is 0.183 bits per heavy atom. The minimum absolute atomic E-state index is 0.0172. The lowest BCUT2D eigenvalue weighted by Crippen LogP contribution is -2.16. The molecule has 0 aromatic heterocycles. The number of hydrogen-bond donors (Lipinski definition) is 2. The first-order valence-corrected chi connectivity index (χ1v) is 29.1. The summed E-state index contributed by atoms with van der Waals surface area (Å²) in [4.78, 5) is 0. The van der Waals surface area contributed by atoms with Gasteiger partial charge in [-0.1, -0.05) is 0 Å². The van der Waals surface area contributed by atoms with Crippen LogP contribution >= 0.6 is 0 Å². The van der Waals surface area contributed by atoms with Gasteiger partial charge in [0.05, 0.1) is 357 Å². The summed E-state index contributed by atoms with van der Waals surface area (Å²) >= 11 is 0. The minimum Gasteiger partial charge on any atom is -0.394 e. The molecule has 0 unspecified atom stereocenters. The molecule has 0 aliphatic carbocycles. The van der Waals surface area contributed by atoms with Crippen molar-refractivity contribution in [2.75, 3.05) is 357 Å². The van der Waals surface area contributed by atoms with Gasteiger partial charge in [0.25, 0.3) is 0 Å². The van der Waals surface area contributed by atoms with E-state index in [-0.39, 0.29) is 13.2 Å². The quantitative estimate of drug-likeness (QED) is 0.0720. The van der Waals surface area contributed by atoms with E-state index in [9.17, 15) is 0 Å². The van der Waals surface area contributed by atoms with Crippen molar-refractivity contribution >= 4 is 0 Å². The Kier molecular flexibility index (Phi) is 78.8. The molecule has 0 aliphatic rings. The predicted octanol–water partition coefficient (Wildman–Crippen LogP) is -0.597. The Hall–Kier alpha value is -1.12. The molecule has 0 saturated heterocycles. The summed E-state index contributed by atoms with van der Waals surface area (Å²) in [6, 6.07) is 0. The Morgan fingerprint density at radius 1 is 0.0854 bits per heavy atom. The second kappa shape index (κ2) is 79.9. The van der Waals surface area contributed by atoms with Crippen LogP contribution < -0.4 is 0 Å². The Balaban J connectivity index is 3.08. The molecule has 28 nitrogen and oxygen atoms in total. The van der Waals surface area contributed by atoms with Gasteiger partial charge >= 0.3 is 0 Å². The zero-order valence-corrected chi connectivity index (χ0v) is 49.7. The zero-order valence-electron chi connectivity index (χ0n) is 49.7. The summed E-state index contributed by atoms with van der Waals surface area (Å²) in [5.41, 5.74) is 0. The van der Waals surface area contributed by atoms with Crippen LogP contribution in [0.15, 0.2) is 0 Å². The van der Waals surface area contributed by atoms with Crippen molar-refractivity contribution in [3.8, 4) is 0 Å². The number of rotatable bonds is 79. The summed E-state index contributed by atoms with van der Waals surface area (Å²) in [5.74, 6) is 0. The van der Waals surface area contributed by atoms with Crippen LogP contribution in [-0.4, -0.2) is 367 Å². The first-order chi connectivity index (χ1) is 40.9. The van der Waals surface area contributed by atoms with E-state index in [2.05, 4.69) is 0 Å². The highest BCUT2D eigenvalue weighted by molar-refractivity contribution is 4.43. The molecule has 0 amide bonds. The summed E-state index contributed by atoms with van der Waals surface area (Å²) in [7, 11) is 0. The summed E-state index contributed by atoms with van der Waals surface area (Å²) in [6.07, 6.45) is 0. The summed E-state index contributed by atoms with van der Waals surface area (Å²) in [5, 5.41) is 17.2. The Labute approximate surface area is 489 Å². The Bertz CT molecular complexity index is 1010. The van der Waals surface area contributed by atoms with Gasteiger partial charge in [-0.05, 0) is 0 Å². The van der Waals surface area contributed by atoms with Gasteiger partial charge in [-0.25, -0.2) is 0 Å². The smallest absolute Gasteiger partial charge is 0.0701 e. The highest BCUT2D eigenvalue weighted by Gasteiger charge is 2.01. The van der Waals surface area contributed by atoms with Gasteiger partial charge in [-0.15, -0.1) is 0 Å². The minimum atomic E-state index is 0.0172. The van der Waals surface area contributed by atoms with Crippen LogP contribution in [0.1, 0.15) is 0 Å². The summed E-state index contributed by atoms with van der Waals surface area (Å²) in [6.45, 7) is 25.0. The molecule has 0 fully saturated rings. The van der Waals surface area contributed by atoms with Crippen LogP contribution in [0.4, 0.5) is 0 Å². The van der Waals surface area contributed by atoms with Crippen LogP contribution in [0.3, 0.4) is 0 Å². The molecule has 2 N–H and O–H groups in total. The largest absolute Gasteiger partial charge is 0.394 e. The van der Waals surface area contributed by atoms with Crippen molar-refractivity contribution in [3.63, 3.8) is 0 Å². The van der Waals surface area contributed by atoms with Gasteiger partial charge in [0.15, 0.2) is 0 Å². The highest BCUT2D eigenvalue weighted by Crippen LogP contribution is 1.92. The molecule has 28 heteroatoms. The normalized spacial score (nSPS) is 11.8. The molecule has 0 spiro atoms. The second-order valence-electron chi connectivity index (χ2n) is 16.4. The van der Waals surface area contributed by atoms with E-state index < -0.39 is 0 Å². The van der Waals surface area contributed by atoms with E-state index >= 15 is 0 Å². The third-order valence-corrected chi connectivity index (χ3v) is 9.77. The van der Waals surface area contributed by atoms with E-state index in [1.807, 2.05) is 0 Å². The topological polar surface area (TPSA) is 280 Å². The monoisotopic (exact) mass is 1210 g/mol. The van der Waals surface area contributed by atoms with E-state index in [1.54, 1.807) is 0 Å². The fourth-order valence-electron chi connectivity index (χ4n) is 5.73. The lowest BCUT2D eigenvalue weighted by Gasteiger charge is -2.09. The fourth-order valence-corrected chi connectivity index (χ4v) is 5.73. The van der Waals surface area contributed by atoms with Crippen LogP contribution in [-0.2, 0) is 123 Å². The van der Waals surface area contributed by atoms with E-state index in [0.29, 0.717) is 344 Å². The van der Waals surface area contributed by atoms with Crippen molar-refractivity contribution in [2.45, 2.75) is 0 Å². The molecule has 0 aliphatic heterocycles. The lowest BCUT2D eigenvalue weighted by molar-refractivity contribution is -0.0322. The molecule has 0 aromatic carbocycles. The average molecular weight is 1210 g/mol. The van der Waals surface area contributed by atoms with Crippen molar-refractivity contribution < 1.29 is 133 Å². The van der Waals surface area contributed by atoms with Gasteiger partial charge in [0.1, 0.15) is 0 Å². The molecule has 82 heavy (non-hydrogen) atoms. The van der Waals surface area contributed by atoms with E-state index in [4.69, 9.17) is 133 Å². The molecular weight excluding hydrogens is 1100 g/mol. The molecule has 0 rings (SSSR count). The standard InChI is InChI=1S/C54H110O28/c55-1-3-57-5-7-59-9-11-61-13-15-63-17-19-65-21-23-67-25-27-69-29-31-71-33-35-73-37-39-75-41-43-77-45-47-79-49-51-81-53-54-82-52-50-80-48-46-78-44-42-76-40-38-74-36-34-72-32-30-70-28-26-68-24-22-66-20-18-64-16-14-62-12-10-60-8-6-58-4-2-56/h55-56H,1-54H2. The van der Waals surface area contributed by atoms with Crippen LogP contribution in [0.2, 0.25) is 0 Å². The molecular formula is C54H110O28. The average Bonchev–Trinajstić information content (AvgIpc) is 3.48. The highest BCUT2D eigenvalue weighted by atomic mass is 16.6. The molecule has 0 bridgehead atoms. The third-order valence-electron chi connectivity index (χ3n) is 9.77. The number of hydrogen-bond acceptors (Lipinski definition) is 28. The first-order valence-electron chi connectivity index (χ1n) is 29.1. The predicted molar refractivity (Wildman–Crippen MR) is 295 cm³/mol. The number of aliphatic hydroxyl groups excluding tert-OH is 2. The molecule has 0 radical (unpaired) electrons. The van der Waals surface area contributed by atoms with Crippen molar-refractivity contribution in [3.05, 3.63) is 0 Å². The lowest BCUT2D eigenvalue weighted by atomic mass is 10.6. The number of aliphatic hydroxyl groups is 2. The van der Waals surface area contributed by atoms with Crippen LogP contribution in [0.25, 0.3) is 0 Å². The van der Waals surface area contributed by atoms with Gasteiger partial charge in [-0.2, -0.15) is 0 Å². The van der Waals surface area contributed by atoms with Gasteiger partial charge in [-0.3, -0.25) is 0 Å². The van der Waals surface area contributed by atoms with Gasteiger partial charge < -0.3 is 133 Å². The zero-order chi connectivity index (χ0) is 58.6. The van der Waals surface area contributed by atoms with E-state index in [1.165, 1.54) is 0 Å². The van der Waals surface area contributed by atoms with E-state index in [0.717, 1.165) is 0 Å². The van der Waals surface area contributed by atoms with Gasteiger partial charge in [0, 0.05) is 0 Å². The Morgan fingerprint density at radius 2 is 0.134 bits per heavy atom. The maximum atomic E-state index is 8.61. The van der Waals surface area contributed by atoms with Crippen molar-refractivity contribution in [2.24, 2.45) is 0 Å². The maximum Gasteiger partial charge on any atom is 0.0701 e. The molecule has 0 heterocycles. The van der Waals surface area contributed by atoms with Gasteiger partial charge in [0.2, 0.25) is 0 Å². The van der Waals surface area contributed by atoms with Crippen molar-refractivity contribution in [1.82, 2.24) is 0 Å².